The third kappa shape index (κ3) is 3.71. The van der Waals surface area contributed by atoms with Crippen molar-refractivity contribution in [3.05, 3.63) is 94.0 Å². The van der Waals surface area contributed by atoms with Gasteiger partial charge in [0.1, 0.15) is 6.07 Å². The monoisotopic (exact) mass is 362 g/mol. The van der Waals surface area contributed by atoms with E-state index in [0.717, 1.165) is 32.9 Å². The molecule has 0 saturated heterocycles. The SMILES string of the molecule is Cc1c(Cl)cccc1C(=S)c1ccc(Nc2ccccc2C#N)cc1. The molecule has 0 unspecified atom stereocenters. The molecular weight excluding hydrogens is 348 g/mol. The number of nitrogens with zero attached hydrogens (tertiary/aromatic N) is 1. The number of nitrogens with one attached hydrogen (secondary N) is 1. The average molecular weight is 363 g/mol. The highest BCUT2D eigenvalue weighted by Gasteiger charge is 2.10. The van der Waals surface area contributed by atoms with Crippen molar-refractivity contribution in [3.8, 4) is 6.07 Å². The molecule has 0 atom stereocenters. The van der Waals surface area contributed by atoms with E-state index in [0.29, 0.717) is 10.6 Å². The van der Waals surface area contributed by atoms with Crippen molar-refractivity contribution in [2.75, 3.05) is 5.32 Å². The van der Waals surface area contributed by atoms with Crippen LogP contribution in [0.15, 0.2) is 66.7 Å². The highest BCUT2D eigenvalue weighted by molar-refractivity contribution is 7.81. The topological polar surface area (TPSA) is 35.8 Å². The second-order valence-electron chi connectivity index (χ2n) is 5.60. The van der Waals surface area contributed by atoms with Gasteiger partial charge < -0.3 is 5.32 Å². The van der Waals surface area contributed by atoms with Gasteiger partial charge in [0.2, 0.25) is 0 Å². The zero-order valence-corrected chi connectivity index (χ0v) is 15.2. The molecule has 0 aliphatic heterocycles. The van der Waals surface area contributed by atoms with Gasteiger partial charge in [-0.2, -0.15) is 5.26 Å². The lowest BCUT2D eigenvalue weighted by Crippen LogP contribution is -2.03. The summed E-state index contributed by atoms with van der Waals surface area (Å²) in [5.74, 6) is 0. The van der Waals surface area contributed by atoms with Gasteiger partial charge in [-0.15, -0.1) is 0 Å². The Hall–Kier alpha value is -2.67. The molecule has 25 heavy (non-hydrogen) atoms. The molecule has 0 aliphatic carbocycles. The van der Waals surface area contributed by atoms with Crippen molar-refractivity contribution in [1.82, 2.24) is 0 Å². The Labute approximate surface area is 157 Å². The first-order chi connectivity index (χ1) is 12.1. The minimum atomic E-state index is 0.608. The molecule has 122 valence electrons. The zero-order valence-electron chi connectivity index (χ0n) is 13.6. The molecule has 0 bridgehead atoms. The molecule has 1 N–H and O–H groups in total. The minimum absolute atomic E-state index is 0.608. The third-order valence-electron chi connectivity index (χ3n) is 3.99. The van der Waals surface area contributed by atoms with Crippen LogP contribution in [0.5, 0.6) is 0 Å². The van der Waals surface area contributed by atoms with Crippen LogP contribution in [0, 0.1) is 18.3 Å². The van der Waals surface area contributed by atoms with Crippen LogP contribution in [0.1, 0.15) is 22.3 Å². The van der Waals surface area contributed by atoms with Gasteiger partial charge in [-0.1, -0.05) is 60.2 Å². The molecule has 0 heterocycles. The van der Waals surface area contributed by atoms with Crippen molar-refractivity contribution in [2.24, 2.45) is 0 Å². The normalized spacial score (nSPS) is 10.1. The molecule has 3 rings (SSSR count). The predicted molar refractivity (Wildman–Crippen MR) is 108 cm³/mol. The van der Waals surface area contributed by atoms with Crippen molar-refractivity contribution in [3.63, 3.8) is 0 Å². The Kier molecular flexibility index (Phi) is 5.14. The lowest BCUT2D eigenvalue weighted by molar-refractivity contribution is 1.44. The molecule has 3 aromatic rings. The average Bonchev–Trinajstić information content (AvgIpc) is 2.64. The molecular formula is C21H15ClN2S. The third-order valence-corrected chi connectivity index (χ3v) is 4.85. The van der Waals surface area contributed by atoms with Gasteiger partial charge in [-0.3, -0.25) is 0 Å². The molecule has 4 heteroatoms. The van der Waals surface area contributed by atoms with Gasteiger partial charge in [0.15, 0.2) is 0 Å². The Morgan fingerprint density at radius 3 is 2.44 bits per heavy atom. The van der Waals surface area contributed by atoms with E-state index in [-0.39, 0.29) is 0 Å². The Morgan fingerprint density at radius 2 is 1.72 bits per heavy atom. The van der Waals surface area contributed by atoms with E-state index >= 15 is 0 Å². The molecule has 0 amide bonds. The second-order valence-corrected chi connectivity index (χ2v) is 6.42. The number of hydrogen-bond acceptors (Lipinski definition) is 3. The highest BCUT2D eigenvalue weighted by atomic mass is 35.5. The predicted octanol–water partition coefficient (Wildman–Crippen LogP) is 6.03. The van der Waals surface area contributed by atoms with Gasteiger partial charge in [0, 0.05) is 10.7 Å². The van der Waals surface area contributed by atoms with Crippen LogP contribution in [0.4, 0.5) is 11.4 Å². The van der Waals surface area contributed by atoms with Crippen molar-refractivity contribution in [2.45, 2.75) is 6.92 Å². The van der Waals surface area contributed by atoms with Gasteiger partial charge >= 0.3 is 0 Å². The standard InChI is InChI=1S/C21H15ClN2S/c1-14-18(6-4-7-19(14)22)21(25)15-9-11-17(12-10-15)24-20-8-3-2-5-16(20)13-23/h2-12,24H,1H3. The molecule has 0 fully saturated rings. The summed E-state index contributed by atoms with van der Waals surface area (Å²) in [6.07, 6.45) is 0. The van der Waals surface area contributed by atoms with Crippen LogP contribution >= 0.6 is 23.8 Å². The smallest absolute Gasteiger partial charge is 0.101 e. The molecule has 0 spiro atoms. The molecule has 0 radical (unpaired) electrons. The summed E-state index contributed by atoms with van der Waals surface area (Å²) in [4.78, 5) is 0.768. The summed E-state index contributed by atoms with van der Waals surface area (Å²) in [6, 6.07) is 23.2. The van der Waals surface area contributed by atoms with E-state index in [1.54, 1.807) is 6.07 Å². The molecule has 3 aromatic carbocycles. The summed E-state index contributed by atoms with van der Waals surface area (Å²) >= 11 is 11.8. The Bertz CT molecular complexity index is 972. The lowest BCUT2D eigenvalue weighted by Gasteiger charge is -2.11. The van der Waals surface area contributed by atoms with E-state index in [9.17, 15) is 0 Å². The molecule has 0 aromatic heterocycles. The van der Waals surface area contributed by atoms with Crippen LogP contribution < -0.4 is 5.32 Å². The van der Waals surface area contributed by atoms with Crippen LogP contribution in [-0.4, -0.2) is 4.86 Å². The van der Waals surface area contributed by atoms with Crippen LogP contribution in [0.3, 0.4) is 0 Å². The highest BCUT2D eigenvalue weighted by Crippen LogP contribution is 2.24. The number of thiocarbonyl (C=S) groups is 1. The maximum Gasteiger partial charge on any atom is 0.101 e. The van der Waals surface area contributed by atoms with E-state index < -0.39 is 0 Å². The number of rotatable bonds is 4. The number of anilines is 2. The first kappa shape index (κ1) is 17.2. The number of para-hydroxylation sites is 1. The largest absolute Gasteiger partial charge is 0.354 e. The Morgan fingerprint density at radius 1 is 1.00 bits per heavy atom. The number of nitriles is 1. The minimum Gasteiger partial charge on any atom is -0.354 e. The summed E-state index contributed by atoms with van der Waals surface area (Å²) in [7, 11) is 0. The fourth-order valence-corrected chi connectivity index (χ4v) is 3.09. The number of halogens is 1. The van der Waals surface area contributed by atoms with Crippen LogP contribution in [-0.2, 0) is 0 Å². The quantitative estimate of drug-likeness (QED) is 0.454. The van der Waals surface area contributed by atoms with E-state index in [4.69, 9.17) is 29.1 Å². The van der Waals surface area contributed by atoms with E-state index in [2.05, 4.69) is 11.4 Å². The fourth-order valence-electron chi connectivity index (χ4n) is 2.56. The molecule has 0 aliphatic rings. The molecule has 0 saturated carbocycles. The summed E-state index contributed by atoms with van der Waals surface area (Å²) in [6.45, 7) is 1.97. The van der Waals surface area contributed by atoms with Gasteiger partial charge in [0.25, 0.3) is 0 Å². The zero-order chi connectivity index (χ0) is 17.8. The summed E-state index contributed by atoms with van der Waals surface area (Å²) in [5, 5.41) is 13.1. The van der Waals surface area contributed by atoms with Gasteiger partial charge in [-0.05, 0) is 53.9 Å². The summed E-state index contributed by atoms with van der Waals surface area (Å²) < 4.78 is 0. The first-order valence-corrected chi connectivity index (χ1v) is 8.55. The van der Waals surface area contributed by atoms with Crippen molar-refractivity contribution >= 4 is 40.1 Å². The Balaban J connectivity index is 1.84. The second kappa shape index (κ2) is 7.48. The van der Waals surface area contributed by atoms with Gasteiger partial charge in [0.05, 0.1) is 16.1 Å². The van der Waals surface area contributed by atoms with Crippen molar-refractivity contribution < 1.29 is 0 Å². The number of hydrogen-bond donors (Lipinski definition) is 1. The fraction of sp³-hybridized carbons (Fsp3) is 0.0476. The van der Waals surface area contributed by atoms with Crippen LogP contribution in [0.2, 0.25) is 5.02 Å². The van der Waals surface area contributed by atoms with E-state index in [1.165, 1.54) is 0 Å². The first-order valence-electron chi connectivity index (χ1n) is 7.76. The molecule has 2 nitrogen and oxygen atoms in total. The van der Waals surface area contributed by atoms with Gasteiger partial charge in [-0.25, -0.2) is 0 Å². The number of benzene rings is 3. The lowest BCUT2D eigenvalue weighted by atomic mass is 10.00. The van der Waals surface area contributed by atoms with Crippen LogP contribution in [0.25, 0.3) is 0 Å². The van der Waals surface area contributed by atoms with E-state index in [1.807, 2.05) is 67.6 Å². The summed E-state index contributed by atoms with van der Waals surface area (Å²) in [5.41, 5.74) is 5.21. The van der Waals surface area contributed by atoms with Crippen molar-refractivity contribution in [1.29, 1.82) is 5.26 Å². The maximum absolute atomic E-state index is 9.17. The maximum atomic E-state index is 9.17.